The van der Waals surface area contributed by atoms with E-state index in [0.29, 0.717) is 0 Å². The monoisotopic (exact) mass is 360 g/mol. The number of methoxy groups -OCH3 is 1. The molecule has 0 atom stereocenters. The van der Waals surface area contributed by atoms with E-state index in [0.717, 1.165) is 24.2 Å². The van der Waals surface area contributed by atoms with E-state index in [-0.39, 0.29) is 17.1 Å². The topological polar surface area (TPSA) is 91.8 Å². The molecule has 0 saturated carbocycles. The second-order valence-electron chi connectivity index (χ2n) is 7.94. The second-order valence-corrected chi connectivity index (χ2v) is 7.94. The standard InChI is InChI=1S/C19H28N4O3/c1-18(2)10-14(11-19(3,4)23-18)21-16(24)17(25)22-20-12-13-6-8-15(26-5)9-7-13/h6-9,12,14,23H,10-11H2,1-5H3,(H,21,24)(H,22,25)/b20-12+. The van der Waals surface area contributed by atoms with Crippen molar-refractivity contribution >= 4 is 18.0 Å². The van der Waals surface area contributed by atoms with Crippen LogP contribution in [0.25, 0.3) is 0 Å². The van der Waals surface area contributed by atoms with E-state index in [9.17, 15) is 9.59 Å². The molecule has 3 N–H and O–H groups in total. The summed E-state index contributed by atoms with van der Waals surface area (Å²) in [5.74, 6) is -0.710. The van der Waals surface area contributed by atoms with Crippen LogP contribution in [0.4, 0.5) is 0 Å². The second kappa shape index (κ2) is 7.86. The molecule has 0 radical (unpaired) electrons. The van der Waals surface area contributed by atoms with Gasteiger partial charge in [0.15, 0.2) is 0 Å². The van der Waals surface area contributed by atoms with Gasteiger partial charge < -0.3 is 15.4 Å². The quantitative estimate of drug-likeness (QED) is 0.432. The summed E-state index contributed by atoms with van der Waals surface area (Å²) in [7, 11) is 1.59. The summed E-state index contributed by atoms with van der Waals surface area (Å²) in [5, 5.41) is 10.2. The fourth-order valence-electron chi connectivity index (χ4n) is 3.58. The summed E-state index contributed by atoms with van der Waals surface area (Å²) in [6.07, 6.45) is 2.98. The van der Waals surface area contributed by atoms with Gasteiger partial charge in [0.1, 0.15) is 5.75 Å². The van der Waals surface area contributed by atoms with Crippen LogP contribution in [0.2, 0.25) is 0 Å². The molecule has 1 heterocycles. The summed E-state index contributed by atoms with van der Waals surface area (Å²) < 4.78 is 5.07. The lowest BCUT2D eigenvalue weighted by molar-refractivity contribution is -0.140. The molecule has 1 aromatic carbocycles. The largest absolute Gasteiger partial charge is 0.497 e. The van der Waals surface area contributed by atoms with Crippen molar-refractivity contribution < 1.29 is 14.3 Å². The van der Waals surface area contributed by atoms with Gasteiger partial charge in [0.25, 0.3) is 0 Å². The number of amides is 2. The first kappa shape index (κ1) is 19.9. The minimum Gasteiger partial charge on any atom is -0.497 e. The van der Waals surface area contributed by atoms with Crippen molar-refractivity contribution in [3.05, 3.63) is 29.8 Å². The number of ether oxygens (including phenoxy) is 1. The van der Waals surface area contributed by atoms with Crippen LogP contribution in [0.1, 0.15) is 46.1 Å². The molecule has 0 aliphatic carbocycles. The van der Waals surface area contributed by atoms with Gasteiger partial charge in [-0.25, -0.2) is 5.43 Å². The number of rotatable bonds is 4. The molecule has 0 unspecified atom stereocenters. The molecule has 0 spiro atoms. The third kappa shape index (κ3) is 5.84. The number of carbonyl (C=O) groups is 2. The minimum atomic E-state index is -0.774. The smallest absolute Gasteiger partial charge is 0.329 e. The fourth-order valence-corrected chi connectivity index (χ4v) is 3.58. The molecule has 1 aliphatic heterocycles. The first-order valence-electron chi connectivity index (χ1n) is 8.67. The Morgan fingerprint density at radius 2 is 1.69 bits per heavy atom. The van der Waals surface area contributed by atoms with Crippen molar-refractivity contribution in [1.29, 1.82) is 0 Å². The summed E-state index contributed by atoms with van der Waals surface area (Å²) >= 11 is 0. The average molecular weight is 360 g/mol. The fraction of sp³-hybridized carbons (Fsp3) is 0.526. The predicted octanol–water partition coefficient (Wildman–Crippen LogP) is 1.57. The van der Waals surface area contributed by atoms with Gasteiger partial charge in [0, 0.05) is 17.1 Å². The number of carbonyl (C=O) groups excluding carboxylic acids is 2. The maximum Gasteiger partial charge on any atom is 0.329 e. The molecule has 142 valence electrons. The van der Waals surface area contributed by atoms with Crippen LogP contribution >= 0.6 is 0 Å². The van der Waals surface area contributed by atoms with Gasteiger partial charge in [-0.1, -0.05) is 0 Å². The zero-order valence-electron chi connectivity index (χ0n) is 16.1. The van der Waals surface area contributed by atoms with E-state index in [4.69, 9.17) is 4.74 Å². The third-order valence-electron chi connectivity index (χ3n) is 4.23. The first-order valence-corrected chi connectivity index (χ1v) is 8.67. The molecule has 1 aliphatic rings. The molecule has 0 aromatic heterocycles. The summed E-state index contributed by atoms with van der Waals surface area (Å²) in [5.41, 5.74) is 2.83. The van der Waals surface area contributed by atoms with Gasteiger partial charge in [-0.15, -0.1) is 0 Å². The number of hydrogen-bond donors (Lipinski definition) is 3. The molecular formula is C19H28N4O3. The third-order valence-corrected chi connectivity index (χ3v) is 4.23. The Kier molecular flexibility index (Phi) is 6.02. The Balaban J connectivity index is 1.87. The SMILES string of the molecule is COc1ccc(/C=N/NC(=O)C(=O)NC2CC(C)(C)NC(C)(C)C2)cc1. The van der Waals surface area contributed by atoms with Crippen molar-refractivity contribution in [2.24, 2.45) is 5.10 Å². The van der Waals surface area contributed by atoms with Crippen molar-refractivity contribution in [2.45, 2.75) is 57.7 Å². The van der Waals surface area contributed by atoms with Crippen LogP contribution in [-0.2, 0) is 9.59 Å². The van der Waals surface area contributed by atoms with Gasteiger partial charge in [0.2, 0.25) is 0 Å². The van der Waals surface area contributed by atoms with Crippen LogP contribution < -0.4 is 20.8 Å². The Morgan fingerprint density at radius 3 is 2.23 bits per heavy atom. The highest BCUT2D eigenvalue weighted by molar-refractivity contribution is 6.35. The van der Waals surface area contributed by atoms with E-state index in [1.165, 1.54) is 6.21 Å². The van der Waals surface area contributed by atoms with E-state index in [1.54, 1.807) is 31.4 Å². The highest BCUT2D eigenvalue weighted by Crippen LogP contribution is 2.28. The van der Waals surface area contributed by atoms with Crippen LogP contribution in [0.15, 0.2) is 29.4 Å². The molecule has 26 heavy (non-hydrogen) atoms. The van der Waals surface area contributed by atoms with Gasteiger partial charge in [-0.05, 0) is 70.4 Å². The molecule has 7 heteroatoms. The molecule has 1 aromatic rings. The number of hydrogen-bond acceptors (Lipinski definition) is 5. The normalized spacial score (nSPS) is 19.1. The van der Waals surface area contributed by atoms with Crippen LogP contribution in [0, 0.1) is 0 Å². The first-order chi connectivity index (χ1) is 12.1. The highest BCUT2D eigenvalue weighted by atomic mass is 16.5. The number of piperidine rings is 1. The van der Waals surface area contributed by atoms with Crippen LogP contribution in [0.5, 0.6) is 5.75 Å². The molecule has 1 saturated heterocycles. The zero-order valence-corrected chi connectivity index (χ0v) is 16.1. The summed E-state index contributed by atoms with van der Waals surface area (Å²) in [6.45, 7) is 8.36. The number of hydrazone groups is 1. The van der Waals surface area contributed by atoms with Crippen molar-refractivity contribution in [2.75, 3.05) is 7.11 Å². The zero-order chi connectivity index (χ0) is 19.4. The van der Waals surface area contributed by atoms with Gasteiger partial charge in [-0.3, -0.25) is 9.59 Å². The van der Waals surface area contributed by atoms with E-state index in [2.05, 4.69) is 48.9 Å². The summed E-state index contributed by atoms with van der Waals surface area (Å²) in [4.78, 5) is 24.1. The molecule has 2 rings (SSSR count). The van der Waals surface area contributed by atoms with E-state index in [1.807, 2.05) is 0 Å². The van der Waals surface area contributed by atoms with Crippen molar-refractivity contribution in [3.8, 4) is 5.75 Å². The van der Waals surface area contributed by atoms with Gasteiger partial charge in [0.05, 0.1) is 13.3 Å². The highest BCUT2D eigenvalue weighted by Gasteiger charge is 2.38. The van der Waals surface area contributed by atoms with Crippen molar-refractivity contribution in [3.63, 3.8) is 0 Å². The summed E-state index contributed by atoms with van der Waals surface area (Å²) in [6, 6.07) is 7.11. The Hall–Kier alpha value is -2.41. The maximum absolute atomic E-state index is 12.1. The average Bonchev–Trinajstić information content (AvgIpc) is 2.52. The number of nitrogens with zero attached hydrogens (tertiary/aromatic N) is 1. The van der Waals surface area contributed by atoms with E-state index < -0.39 is 11.8 Å². The molecular weight excluding hydrogens is 332 g/mol. The minimum absolute atomic E-state index is 0.0648. The Labute approximate surface area is 154 Å². The van der Waals surface area contributed by atoms with Gasteiger partial charge in [-0.2, -0.15) is 5.10 Å². The van der Waals surface area contributed by atoms with Crippen LogP contribution in [-0.4, -0.2) is 42.3 Å². The lowest BCUT2D eigenvalue weighted by Gasteiger charge is -2.46. The van der Waals surface area contributed by atoms with Crippen molar-refractivity contribution in [1.82, 2.24) is 16.1 Å². The predicted molar refractivity (Wildman–Crippen MR) is 101 cm³/mol. The lowest BCUT2D eigenvalue weighted by atomic mass is 9.79. The van der Waals surface area contributed by atoms with E-state index >= 15 is 0 Å². The molecule has 1 fully saturated rings. The molecule has 2 amide bonds. The number of nitrogens with one attached hydrogen (secondary N) is 3. The van der Waals surface area contributed by atoms with Gasteiger partial charge >= 0.3 is 11.8 Å². The lowest BCUT2D eigenvalue weighted by Crippen LogP contribution is -2.62. The maximum atomic E-state index is 12.1. The Morgan fingerprint density at radius 1 is 1.12 bits per heavy atom. The Bertz CT molecular complexity index is 665. The number of benzene rings is 1. The molecule has 7 nitrogen and oxygen atoms in total. The molecule has 0 bridgehead atoms. The van der Waals surface area contributed by atoms with Crippen LogP contribution in [0.3, 0.4) is 0 Å².